The van der Waals surface area contributed by atoms with Crippen molar-refractivity contribution in [3.8, 4) is 11.5 Å². The summed E-state index contributed by atoms with van der Waals surface area (Å²) in [6, 6.07) is 6.45. The Morgan fingerprint density at radius 3 is 2.52 bits per heavy atom. The number of anilines is 1. The van der Waals surface area contributed by atoms with E-state index in [0.29, 0.717) is 23.4 Å². The Hall–Kier alpha value is -3.50. The van der Waals surface area contributed by atoms with Gasteiger partial charge in [-0.25, -0.2) is 9.97 Å². The first-order valence-electron chi connectivity index (χ1n) is 9.67. The number of aryl methyl sites for hydroxylation is 1. The molecule has 0 saturated heterocycles. The van der Waals surface area contributed by atoms with Gasteiger partial charge >= 0.3 is 6.18 Å². The van der Waals surface area contributed by atoms with Crippen LogP contribution in [-0.2, 0) is 6.18 Å². The lowest BCUT2D eigenvalue weighted by atomic mass is 10.1. The van der Waals surface area contributed by atoms with E-state index in [0.717, 1.165) is 25.2 Å². The molecule has 1 aliphatic rings. The average Bonchev–Trinajstić information content (AvgIpc) is 3.36. The Morgan fingerprint density at radius 1 is 1.13 bits per heavy atom. The second kappa shape index (κ2) is 8.32. The Bertz CT molecular complexity index is 1070. The second-order valence-corrected chi connectivity index (χ2v) is 7.25. The van der Waals surface area contributed by atoms with Crippen LogP contribution in [-0.4, -0.2) is 38.1 Å². The molecule has 162 valence electrons. The number of halogens is 3. The zero-order valence-corrected chi connectivity index (χ0v) is 16.5. The summed E-state index contributed by atoms with van der Waals surface area (Å²) in [5.41, 5.74) is -0.000970. The fourth-order valence-corrected chi connectivity index (χ4v) is 3.54. The molecule has 31 heavy (non-hydrogen) atoms. The largest absolute Gasteiger partial charge is 0.419 e. The Morgan fingerprint density at radius 2 is 1.84 bits per heavy atom. The smallest absolute Gasteiger partial charge is 0.349 e. The van der Waals surface area contributed by atoms with Gasteiger partial charge in [-0.2, -0.15) is 18.2 Å². The maximum absolute atomic E-state index is 13.0. The van der Waals surface area contributed by atoms with Crippen molar-refractivity contribution < 1.29 is 22.5 Å². The molecule has 2 aromatic heterocycles. The predicted octanol–water partition coefficient (Wildman–Crippen LogP) is 3.62. The highest BCUT2D eigenvalue weighted by molar-refractivity contribution is 6.00. The zero-order valence-electron chi connectivity index (χ0n) is 16.5. The summed E-state index contributed by atoms with van der Waals surface area (Å²) >= 11 is 0. The normalized spacial score (nSPS) is 18.7. The monoisotopic (exact) mass is 432 g/mol. The maximum Gasteiger partial charge on any atom is 0.419 e. The van der Waals surface area contributed by atoms with Crippen LogP contribution in [0.2, 0.25) is 0 Å². The summed E-state index contributed by atoms with van der Waals surface area (Å²) in [5, 5.41) is 9.79. The first kappa shape index (κ1) is 20.8. The van der Waals surface area contributed by atoms with Crippen LogP contribution in [0.5, 0.6) is 0 Å². The average molecular weight is 432 g/mol. The van der Waals surface area contributed by atoms with Crippen LogP contribution in [0, 0.1) is 6.92 Å². The van der Waals surface area contributed by atoms with Crippen LogP contribution >= 0.6 is 0 Å². The Balaban J connectivity index is 1.46. The molecule has 2 heterocycles. The molecule has 0 radical (unpaired) electrons. The summed E-state index contributed by atoms with van der Waals surface area (Å²) in [6.45, 7) is 1.69. The Labute approximate surface area is 175 Å². The first-order chi connectivity index (χ1) is 14.8. The molecular weight excluding hydrogens is 413 g/mol. The molecule has 1 aliphatic carbocycles. The number of alkyl halides is 3. The zero-order chi connectivity index (χ0) is 22.0. The van der Waals surface area contributed by atoms with Gasteiger partial charge in [0.05, 0.1) is 16.7 Å². The van der Waals surface area contributed by atoms with Gasteiger partial charge in [0.15, 0.2) is 5.82 Å². The number of aromatic nitrogens is 4. The molecule has 4 rings (SSSR count). The number of nitrogens with one attached hydrogen (secondary N) is 2. The van der Waals surface area contributed by atoms with Crippen molar-refractivity contribution >= 4 is 11.9 Å². The molecule has 3 aromatic rings. The number of hydrogen-bond acceptors (Lipinski definition) is 7. The van der Waals surface area contributed by atoms with Crippen LogP contribution in [0.15, 0.2) is 41.2 Å². The van der Waals surface area contributed by atoms with E-state index < -0.39 is 11.7 Å². The van der Waals surface area contributed by atoms with Crippen LogP contribution in [0.3, 0.4) is 0 Å². The fourth-order valence-electron chi connectivity index (χ4n) is 3.54. The van der Waals surface area contributed by atoms with Crippen molar-refractivity contribution in [1.29, 1.82) is 0 Å². The summed E-state index contributed by atoms with van der Waals surface area (Å²) < 4.78 is 43.2. The molecule has 1 aromatic carbocycles. The van der Waals surface area contributed by atoms with E-state index >= 15 is 0 Å². The van der Waals surface area contributed by atoms with Gasteiger partial charge in [-0.05, 0) is 38.3 Å². The number of carbonyl (C=O) groups is 1. The summed E-state index contributed by atoms with van der Waals surface area (Å²) in [7, 11) is 0. The molecule has 0 bridgehead atoms. The molecular formula is C20H19F3N6O2. The van der Waals surface area contributed by atoms with Crippen molar-refractivity contribution in [3.63, 3.8) is 0 Å². The minimum Gasteiger partial charge on any atom is -0.349 e. The summed E-state index contributed by atoms with van der Waals surface area (Å²) in [4.78, 5) is 24.7. The van der Waals surface area contributed by atoms with Crippen LogP contribution in [0.1, 0.15) is 41.0 Å². The number of benzene rings is 1. The fraction of sp³-hybridized carbons (Fsp3) is 0.350. The van der Waals surface area contributed by atoms with Gasteiger partial charge < -0.3 is 15.2 Å². The number of hydrogen-bond donors (Lipinski definition) is 2. The molecule has 1 saturated carbocycles. The van der Waals surface area contributed by atoms with Crippen molar-refractivity contribution in [2.45, 2.75) is 44.4 Å². The van der Waals surface area contributed by atoms with Crippen molar-refractivity contribution in [2.75, 3.05) is 5.32 Å². The van der Waals surface area contributed by atoms with E-state index in [1.54, 1.807) is 31.2 Å². The summed E-state index contributed by atoms with van der Waals surface area (Å²) in [6.07, 6.45) is -0.743. The third kappa shape index (κ3) is 4.65. The SMILES string of the molecule is Cc1noc(-c2ccccc2C(=O)N[C@@H]2CCC[C@@H]2Nc2ncc(C(F)(F)F)cn2)n1. The Kier molecular flexibility index (Phi) is 5.57. The van der Waals surface area contributed by atoms with Gasteiger partial charge in [-0.15, -0.1) is 0 Å². The molecule has 2 N–H and O–H groups in total. The molecule has 8 nitrogen and oxygen atoms in total. The van der Waals surface area contributed by atoms with E-state index in [-0.39, 0.29) is 29.8 Å². The van der Waals surface area contributed by atoms with Crippen LogP contribution in [0.25, 0.3) is 11.5 Å². The number of carbonyl (C=O) groups excluding carboxylic acids is 1. The standard InChI is InChI=1S/C20H19F3N6O2/c1-11-26-18(31-29-11)14-6-3-2-5-13(14)17(30)27-15-7-4-8-16(15)28-19-24-9-12(10-25-19)20(21,22)23/h2-3,5-6,9-10,15-16H,4,7-8H2,1H3,(H,27,30)(H,24,25,28)/t15-,16+/m1/s1. The van der Waals surface area contributed by atoms with Crippen molar-refractivity contribution in [1.82, 2.24) is 25.4 Å². The van der Waals surface area contributed by atoms with E-state index in [4.69, 9.17) is 4.52 Å². The van der Waals surface area contributed by atoms with Gasteiger partial charge in [0.25, 0.3) is 11.8 Å². The highest BCUT2D eigenvalue weighted by atomic mass is 19.4. The topological polar surface area (TPSA) is 106 Å². The highest BCUT2D eigenvalue weighted by Gasteiger charge is 2.33. The molecule has 1 amide bonds. The van der Waals surface area contributed by atoms with Crippen LogP contribution in [0.4, 0.5) is 19.1 Å². The van der Waals surface area contributed by atoms with E-state index in [2.05, 4.69) is 30.7 Å². The minimum absolute atomic E-state index is 0.0842. The lowest BCUT2D eigenvalue weighted by Gasteiger charge is -2.22. The van der Waals surface area contributed by atoms with Crippen LogP contribution < -0.4 is 10.6 Å². The number of rotatable bonds is 5. The van der Waals surface area contributed by atoms with Gasteiger partial charge in [0.2, 0.25) is 5.95 Å². The van der Waals surface area contributed by atoms with Gasteiger partial charge in [0, 0.05) is 24.5 Å². The molecule has 0 aliphatic heterocycles. The quantitative estimate of drug-likeness (QED) is 0.634. The van der Waals surface area contributed by atoms with E-state index in [9.17, 15) is 18.0 Å². The van der Waals surface area contributed by atoms with Gasteiger partial charge in [-0.1, -0.05) is 17.3 Å². The van der Waals surface area contributed by atoms with Crippen molar-refractivity contribution in [3.05, 3.63) is 53.6 Å². The predicted molar refractivity (Wildman–Crippen MR) is 104 cm³/mol. The third-order valence-corrected chi connectivity index (χ3v) is 5.06. The maximum atomic E-state index is 13.0. The molecule has 0 unspecified atom stereocenters. The van der Waals surface area contributed by atoms with E-state index in [1.807, 2.05) is 0 Å². The lowest BCUT2D eigenvalue weighted by Crippen LogP contribution is -2.43. The molecule has 0 spiro atoms. The first-order valence-corrected chi connectivity index (χ1v) is 9.67. The molecule has 11 heteroatoms. The highest BCUT2D eigenvalue weighted by Crippen LogP contribution is 2.29. The third-order valence-electron chi connectivity index (χ3n) is 5.06. The second-order valence-electron chi connectivity index (χ2n) is 7.25. The molecule has 2 atom stereocenters. The summed E-state index contributed by atoms with van der Waals surface area (Å²) in [5.74, 6) is 0.490. The minimum atomic E-state index is -4.49. The lowest BCUT2D eigenvalue weighted by molar-refractivity contribution is -0.138. The van der Waals surface area contributed by atoms with Gasteiger partial charge in [0.1, 0.15) is 0 Å². The van der Waals surface area contributed by atoms with Gasteiger partial charge in [-0.3, -0.25) is 4.79 Å². The number of nitrogens with zero attached hydrogens (tertiary/aromatic N) is 4. The van der Waals surface area contributed by atoms with Crippen molar-refractivity contribution in [2.24, 2.45) is 0 Å². The molecule has 1 fully saturated rings. The van der Waals surface area contributed by atoms with E-state index in [1.165, 1.54) is 0 Å². The number of amides is 1.